The second kappa shape index (κ2) is 4.74. The molecule has 16 heavy (non-hydrogen) atoms. The van der Waals surface area contributed by atoms with Gasteiger partial charge in [-0.2, -0.15) is 0 Å². The van der Waals surface area contributed by atoms with Gasteiger partial charge in [-0.25, -0.2) is 8.78 Å². The summed E-state index contributed by atoms with van der Waals surface area (Å²) in [6.45, 7) is 0. The van der Waals surface area contributed by atoms with Crippen LogP contribution in [0.15, 0.2) is 29.8 Å². The van der Waals surface area contributed by atoms with Crippen molar-refractivity contribution in [2.24, 2.45) is 5.73 Å². The third-order valence-corrected chi connectivity index (χ3v) is 2.96. The van der Waals surface area contributed by atoms with Crippen LogP contribution in [0.5, 0.6) is 0 Å². The van der Waals surface area contributed by atoms with Crippen LogP contribution in [0.2, 0.25) is 0 Å². The summed E-state index contributed by atoms with van der Waals surface area (Å²) >= 11 is 0. The Morgan fingerprint density at radius 2 is 2.06 bits per heavy atom. The van der Waals surface area contributed by atoms with E-state index in [9.17, 15) is 8.78 Å². The van der Waals surface area contributed by atoms with E-state index in [1.165, 1.54) is 17.7 Å². The fourth-order valence-corrected chi connectivity index (χ4v) is 1.98. The van der Waals surface area contributed by atoms with Gasteiger partial charge in [0.05, 0.1) is 0 Å². The molecule has 0 aliphatic heterocycles. The number of benzene rings is 1. The number of nitrogens with two attached hydrogens (primary N) is 1. The number of allylic oxidation sites excluding steroid dienone is 1. The van der Waals surface area contributed by atoms with Gasteiger partial charge in [0.15, 0.2) is 11.6 Å². The van der Waals surface area contributed by atoms with Gasteiger partial charge in [0, 0.05) is 6.04 Å². The molecular weight excluding hydrogens is 208 g/mol. The predicted octanol–water partition coefficient (Wildman–Crippen LogP) is 2.94. The largest absolute Gasteiger partial charge is 0.327 e. The Kier molecular flexibility index (Phi) is 3.34. The van der Waals surface area contributed by atoms with Crippen LogP contribution in [0.25, 0.3) is 0 Å². The van der Waals surface area contributed by atoms with E-state index in [1.807, 2.05) is 0 Å². The summed E-state index contributed by atoms with van der Waals surface area (Å²) in [6, 6.07) is 4.34. The summed E-state index contributed by atoms with van der Waals surface area (Å²) < 4.78 is 25.7. The van der Waals surface area contributed by atoms with Crippen molar-refractivity contribution < 1.29 is 8.78 Å². The average molecular weight is 223 g/mol. The van der Waals surface area contributed by atoms with Crippen LogP contribution >= 0.6 is 0 Å². The van der Waals surface area contributed by atoms with Crippen LogP contribution in [0, 0.1) is 11.6 Å². The Morgan fingerprint density at radius 3 is 2.69 bits per heavy atom. The summed E-state index contributed by atoms with van der Waals surface area (Å²) in [5.41, 5.74) is 7.87. The van der Waals surface area contributed by atoms with Gasteiger partial charge in [0.1, 0.15) is 0 Å². The smallest absolute Gasteiger partial charge is 0.159 e. The van der Waals surface area contributed by atoms with Crippen molar-refractivity contribution in [2.45, 2.75) is 31.7 Å². The normalized spacial score (nSPS) is 20.7. The Bertz CT molecular complexity index is 412. The number of hydrogen-bond acceptors (Lipinski definition) is 1. The monoisotopic (exact) mass is 223 g/mol. The van der Waals surface area contributed by atoms with Crippen molar-refractivity contribution in [1.29, 1.82) is 0 Å². The van der Waals surface area contributed by atoms with Crippen LogP contribution in [0.4, 0.5) is 8.78 Å². The molecule has 86 valence electrons. The molecule has 0 saturated heterocycles. The fourth-order valence-electron chi connectivity index (χ4n) is 1.98. The molecule has 0 spiro atoms. The third kappa shape index (κ3) is 2.67. The van der Waals surface area contributed by atoms with Crippen molar-refractivity contribution >= 4 is 0 Å². The van der Waals surface area contributed by atoms with Crippen molar-refractivity contribution in [2.75, 3.05) is 0 Å². The first-order valence-electron chi connectivity index (χ1n) is 5.52. The number of rotatable bonds is 2. The first-order valence-corrected chi connectivity index (χ1v) is 5.52. The summed E-state index contributed by atoms with van der Waals surface area (Å²) in [6.07, 6.45) is 5.65. The highest BCUT2D eigenvalue weighted by molar-refractivity contribution is 5.24. The Hall–Kier alpha value is -1.22. The molecule has 1 aromatic rings. The molecule has 0 heterocycles. The molecule has 1 nitrogen and oxygen atoms in total. The van der Waals surface area contributed by atoms with Crippen LogP contribution < -0.4 is 5.73 Å². The molecule has 0 aromatic heterocycles. The molecule has 3 heteroatoms. The van der Waals surface area contributed by atoms with Gasteiger partial charge in [0.2, 0.25) is 0 Å². The molecule has 0 amide bonds. The summed E-state index contributed by atoms with van der Waals surface area (Å²) in [4.78, 5) is 0. The molecular formula is C13H15F2N. The first-order chi connectivity index (χ1) is 7.65. The van der Waals surface area contributed by atoms with Gasteiger partial charge in [-0.05, 0) is 43.4 Å². The highest BCUT2D eigenvalue weighted by atomic mass is 19.2. The van der Waals surface area contributed by atoms with E-state index >= 15 is 0 Å². The lowest BCUT2D eigenvalue weighted by molar-refractivity contribution is 0.507. The Balaban J connectivity index is 2.06. The molecule has 0 bridgehead atoms. The molecule has 1 aliphatic carbocycles. The minimum Gasteiger partial charge on any atom is -0.327 e. The molecule has 2 rings (SSSR count). The van der Waals surface area contributed by atoms with E-state index in [2.05, 4.69) is 6.08 Å². The van der Waals surface area contributed by atoms with Gasteiger partial charge in [-0.1, -0.05) is 17.7 Å². The lowest BCUT2D eigenvalue weighted by atomic mass is 9.91. The van der Waals surface area contributed by atoms with Crippen LogP contribution in [-0.2, 0) is 6.42 Å². The quantitative estimate of drug-likeness (QED) is 0.766. The van der Waals surface area contributed by atoms with E-state index in [-0.39, 0.29) is 6.04 Å². The first kappa shape index (κ1) is 11.3. The zero-order chi connectivity index (χ0) is 11.5. The zero-order valence-corrected chi connectivity index (χ0v) is 9.05. The van der Waals surface area contributed by atoms with Gasteiger partial charge < -0.3 is 5.73 Å². The van der Waals surface area contributed by atoms with Crippen LogP contribution in [0.3, 0.4) is 0 Å². The number of halogens is 2. The average Bonchev–Trinajstić information content (AvgIpc) is 2.27. The zero-order valence-electron chi connectivity index (χ0n) is 9.05. The summed E-state index contributed by atoms with van der Waals surface area (Å²) in [7, 11) is 0. The molecule has 2 N–H and O–H groups in total. The maximum atomic E-state index is 13.0. The predicted molar refractivity (Wildman–Crippen MR) is 60.0 cm³/mol. The van der Waals surface area contributed by atoms with Crippen molar-refractivity contribution in [3.05, 3.63) is 47.0 Å². The Morgan fingerprint density at radius 1 is 1.25 bits per heavy atom. The van der Waals surface area contributed by atoms with E-state index in [0.29, 0.717) is 6.42 Å². The van der Waals surface area contributed by atoms with Gasteiger partial charge in [-0.3, -0.25) is 0 Å². The second-order valence-corrected chi connectivity index (χ2v) is 4.32. The molecule has 1 unspecified atom stereocenters. The molecule has 1 aromatic carbocycles. The van der Waals surface area contributed by atoms with Crippen molar-refractivity contribution in [1.82, 2.24) is 0 Å². The van der Waals surface area contributed by atoms with Gasteiger partial charge in [-0.15, -0.1) is 0 Å². The van der Waals surface area contributed by atoms with E-state index in [4.69, 9.17) is 5.73 Å². The Labute approximate surface area is 94.0 Å². The topological polar surface area (TPSA) is 26.0 Å². The van der Waals surface area contributed by atoms with Crippen LogP contribution in [-0.4, -0.2) is 6.04 Å². The minimum absolute atomic E-state index is 0.258. The summed E-state index contributed by atoms with van der Waals surface area (Å²) in [5.74, 6) is -1.56. The molecule has 1 aliphatic rings. The molecule has 1 atom stereocenters. The van der Waals surface area contributed by atoms with E-state index < -0.39 is 11.6 Å². The molecule has 0 radical (unpaired) electrons. The maximum absolute atomic E-state index is 13.0. The standard InChI is InChI=1S/C13H15F2N/c14-12-6-3-10(8-13(12)15)7-9-1-4-11(16)5-2-9/h1,3,6,8,11H,2,4-5,7,16H2. The lowest BCUT2D eigenvalue weighted by Crippen LogP contribution is -2.22. The van der Waals surface area contributed by atoms with Crippen molar-refractivity contribution in [3.8, 4) is 0 Å². The lowest BCUT2D eigenvalue weighted by Gasteiger charge is -2.18. The van der Waals surface area contributed by atoms with Crippen LogP contribution in [0.1, 0.15) is 24.8 Å². The SMILES string of the molecule is NC1CC=C(Cc2ccc(F)c(F)c2)CC1. The van der Waals surface area contributed by atoms with E-state index in [0.717, 1.165) is 24.8 Å². The van der Waals surface area contributed by atoms with E-state index in [1.54, 1.807) is 6.07 Å². The second-order valence-electron chi connectivity index (χ2n) is 4.32. The molecule has 0 fully saturated rings. The fraction of sp³-hybridized carbons (Fsp3) is 0.385. The highest BCUT2D eigenvalue weighted by Crippen LogP contribution is 2.21. The summed E-state index contributed by atoms with van der Waals surface area (Å²) in [5, 5.41) is 0. The van der Waals surface area contributed by atoms with Gasteiger partial charge in [0.25, 0.3) is 0 Å². The number of hydrogen-bond donors (Lipinski definition) is 1. The van der Waals surface area contributed by atoms with Crippen molar-refractivity contribution in [3.63, 3.8) is 0 Å². The third-order valence-electron chi connectivity index (χ3n) is 2.96. The highest BCUT2D eigenvalue weighted by Gasteiger charge is 2.11. The molecule has 0 saturated carbocycles. The maximum Gasteiger partial charge on any atom is 0.159 e. The minimum atomic E-state index is -0.789. The van der Waals surface area contributed by atoms with Gasteiger partial charge >= 0.3 is 0 Å².